The number of hydrogen-bond donors (Lipinski definition) is 3. The molecule has 0 bridgehead atoms. The van der Waals surface area contributed by atoms with Crippen molar-refractivity contribution in [3.05, 3.63) is 53.6 Å². The molecule has 0 aliphatic rings. The molecule has 0 aliphatic carbocycles. The molecule has 0 unspecified atom stereocenters. The maximum atomic E-state index is 9.75. The Kier molecular flexibility index (Phi) is 5.46. The first-order valence-corrected chi connectivity index (χ1v) is 7.52. The van der Waals surface area contributed by atoms with Gasteiger partial charge in [0.25, 0.3) is 0 Å². The molecule has 122 valence electrons. The Bertz CT molecular complexity index is 696. The number of guanidine groups is 1. The first-order chi connectivity index (χ1) is 11.0. The van der Waals surface area contributed by atoms with E-state index in [2.05, 4.69) is 36.3 Å². The van der Waals surface area contributed by atoms with E-state index in [4.69, 9.17) is 10.5 Å². The molecular formula is C18H23N3O2. The number of nitrogens with one attached hydrogen (secondary N) is 1. The van der Waals surface area contributed by atoms with E-state index in [9.17, 15) is 5.11 Å². The van der Waals surface area contributed by atoms with E-state index < -0.39 is 0 Å². The molecule has 23 heavy (non-hydrogen) atoms. The lowest BCUT2D eigenvalue weighted by Gasteiger charge is -2.10. The highest BCUT2D eigenvalue weighted by Gasteiger charge is 2.03. The molecule has 0 amide bonds. The first kappa shape index (κ1) is 16.7. The highest BCUT2D eigenvalue weighted by Crippen LogP contribution is 2.26. The number of nitrogens with two attached hydrogens (primary N) is 1. The zero-order chi connectivity index (χ0) is 16.8. The number of anilines is 1. The van der Waals surface area contributed by atoms with Crippen molar-refractivity contribution in [1.29, 1.82) is 0 Å². The predicted octanol–water partition coefficient (Wildman–Crippen LogP) is 3.45. The smallest absolute Gasteiger partial charge is 0.193 e. The molecule has 2 rings (SSSR count). The number of hydrogen-bond acceptors (Lipinski definition) is 3. The molecular weight excluding hydrogens is 290 g/mol. The summed E-state index contributed by atoms with van der Waals surface area (Å²) in [5.41, 5.74) is 8.93. The fourth-order valence-corrected chi connectivity index (χ4v) is 2.17. The van der Waals surface area contributed by atoms with Gasteiger partial charge < -0.3 is 20.9 Å². The Hall–Kier alpha value is -2.69. The van der Waals surface area contributed by atoms with Gasteiger partial charge in [0.15, 0.2) is 17.5 Å². The van der Waals surface area contributed by atoms with Crippen molar-refractivity contribution in [2.75, 3.05) is 12.4 Å². The second-order valence-electron chi connectivity index (χ2n) is 5.61. The Labute approximate surface area is 136 Å². The molecule has 2 aromatic carbocycles. The second-order valence-corrected chi connectivity index (χ2v) is 5.61. The van der Waals surface area contributed by atoms with Crippen LogP contribution in [-0.4, -0.2) is 18.2 Å². The van der Waals surface area contributed by atoms with Crippen molar-refractivity contribution in [3.8, 4) is 11.5 Å². The summed E-state index contributed by atoms with van der Waals surface area (Å²) < 4.78 is 5.01. The van der Waals surface area contributed by atoms with E-state index in [0.29, 0.717) is 24.2 Å². The number of benzene rings is 2. The molecule has 5 heteroatoms. The normalized spacial score (nSPS) is 11.6. The average Bonchev–Trinajstić information content (AvgIpc) is 2.53. The Balaban J connectivity index is 2.03. The molecule has 0 aliphatic heterocycles. The van der Waals surface area contributed by atoms with Crippen LogP contribution in [0.4, 0.5) is 5.69 Å². The topological polar surface area (TPSA) is 79.9 Å². The van der Waals surface area contributed by atoms with Crippen molar-refractivity contribution >= 4 is 11.6 Å². The molecule has 0 atom stereocenters. The third-order valence-corrected chi connectivity index (χ3v) is 3.50. The average molecular weight is 313 g/mol. The van der Waals surface area contributed by atoms with E-state index in [0.717, 1.165) is 11.3 Å². The minimum absolute atomic E-state index is 0.0939. The first-order valence-electron chi connectivity index (χ1n) is 7.52. The summed E-state index contributed by atoms with van der Waals surface area (Å²) >= 11 is 0. The quantitative estimate of drug-likeness (QED) is 0.583. The van der Waals surface area contributed by atoms with Gasteiger partial charge in [-0.3, -0.25) is 0 Å². The molecule has 0 spiro atoms. The second kappa shape index (κ2) is 7.54. The summed E-state index contributed by atoms with van der Waals surface area (Å²) in [6.07, 6.45) is 0. The van der Waals surface area contributed by atoms with Crippen molar-refractivity contribution in [2.24, 2.45) is 10.7 Å². The van der Waals surface area contributed by atoms with E-state index in [-0.39, 0.29) is 5.75 Å². The molecule has 0 fully saturated rings. The van der Waals surface area contributed by atoms with Gasteiger partial charge >= 0.3 is 0 Å². The summed E-state index contributed by atoms with van der Waals surface area (Å²) in [5.74, 6) is 1.32. The van der Waals surface area contributed by atoms with Gasteiger partial charge in [-0.1, -0.05) is 32.0 Å². The van der Waals surface area contributed by atoms with Gasteiger partial charge in [-0.2, -0.15) is 0 Å². The van der Waals surface area contributed by atoms with Gasteiger partial charge in [-0.15, -0.1) is 0 Å². The van der Waals surface area contributed by atoms with Crippen LogP contribution in [0, 0.1) is 0 Å². The zero-order valence-corrected chi connectivity index (χ0v) is 13.7. The van der Waals surface area contributed by atoms with Gasteiger partial charge in [-0.25, -0.2) is 4.99 Å². The van der Waals surface area contributed by atoms with Crippen LogP contribution < -0.4 is 15.8 Å². The summed E-state index contributed by atoms with van der Waals surface area (Å²) in [6, 6.07) is 13.3. The van der Waals surface area contributed by atoms with Crippen LogP contribution in [0.15, 0.2) is 47.5 Å². The van der Waals surface area contributed by atoms with Crippen LogP contribution in [0.2, 0.25) is 0 Å². The maximum Gasteiger partial charge on any atom is 0.193 e. The number of methoxy groups -OCH3 is 1. The Morgan fingerprint density at radius 2 is 2.04 bits per heavy atom. The van der Waals surface area contributed by atoms with Crippen LogP contribution in [-0.2, 0) is 6.54 Å². The number of phenolic OH excluding ortho intramolecular Hbond substituents is 1. The third-order valence-electron chi connectivity index (χ3n) is 3.50. The van der Waals surface area contributed by atoms with Crippen LogP contribution in [0.5, 0.6) is 11.5 Å². The SMILES string of the molecule is COc1ccc(CN=C(N)Nc2cccc(C(C)C)c2)cc1O. The number of aromatic hydroxyl groups is 1. The molecule has 2 aromatic rings. The highest BCUT2D eigenvalue weighted by atomic mass is 16.5. The summed E-state index contributed by atoms with van der Waals surface area (Å²) in [5, 5.41) is 12.8. The van der Waals surface area contributed by atoms with Gasteiger partial charge in [0, 0.05) is 5.69 Å². The standard InChI is InChI=1S/C18H23N3O2/c1-12(2)14-5-4-6-15(10-14)21-18(19)20-11-13-7-8-17(23-3)16(22)9-13/h4-10,12,22H,11H2,1-3H3,(H3,19,20,21). The molecule has 0 heterocycles. The van der Waals surface area contributed by atoms with E-state index in [1.807, 2.05) is 18.2 Å². The van der Waals surface area contributed by atoms with Crippen LogP contribution in [0.3, 0.4) is 0 Å². The largest absolute Gasteiger partial charge is 0.504 e. The maximum absolute atomic E-state index is 9.75. The number of nitrogens with zero attached hydrogens (tertiary/aromatic N) is 1. The third kappa shape index (κ3) is 4.64. The van der Waals surface area contributed by atoms with Crippen LogP contribution in [0.25, 0.3) is 0 Å². The Morgan fingerprint density at radius 1 is 1.26 bits per heavy atom. The van der Waals surface area contributed by atoms with Crippen molar-refractivity contribution in [2.45, 2.75) is 26.3 Å². The Morgan fingerprint density at radius 3 is 2.70 bits per heavy atom. The number of rotatable bonds is 5. The lowest BCUT2D eigenvalue weighted by molar-refractivity contribution is 0.373. The fraction of sp³-hybridized carbons (Fsp3) is 0.278. The minimum Gasteiger partial charge on any atom is -0.504 e. The number of aliphatic imine (C=N–C) groups is 1. The fourth-order valence-electron chi connectivity index (χ4n) is 2.17. The van der Waals surface area contributed by atoms with Gasteiger partial charge in [0.1, 0.15) is 0 Å². The molecule has 0 saturated heterocycles. The van der Waals surface area contributed by atoms with Gasteiger partial charge in [0.2, 0.25) is 0 Å². The molecule has 0 radical (unpaired) electrons. The van der Waals surface area contributed by atoms with Gasteiger partial charge in [-0.05, 0) is 41.3 Å². The van der Waals surface area contributed by atoms with E-state index in [1.54, 1.807) is 12.1 Å². The lowest BCUT2D eigenvalue weighted by atomic mass is 10.0. The van der Waals surface area contributed by atoms with Crippen LogP contribution in [0.1, 0.15) is 30.9 Å². The number of phenols is 1. The predicted molar refractivity (Wildman–Crippen MR) is 94.1 cm³/mol. The van der Waals surface area contributed by atoms with Crippen molar-refractivity contribution < 1.29 is 9.84 Å². The highest BCUT2D eigenvalue weighted by molar-refractivity contribution is 5.92. The molecule has 0 aromatic heterocycles. The van der Waals surface area contributed by atoms with Crippen molar-refractivity contribution in [3.63, 3.8) is 0 Å². The molecule has 5 nitrogen and oxygen atoms in total. The van der Waals surface area contributed by atoms with Crippen molar-refractivity contribution in [1.82, 2.24) is 0 Å². The summed E-state index contributed by atoms with van der Waals surface area (Å²) in [7, 11) is 1.51. The number of ether oxygens (including phenoxy) is 1. The minimum atomic E-state index is 0.0939. The van der Waals surface area contributed by atoms with Crippen LogP contribution >= 0.6 is 0 Å². The zero-order valence-electron chi connectivity index (χ0n) is 13.7. The summed E-state index contributed by atoms with van der Waals surface area (Å²) in [4.78, 5) is 4.29. The van der Waals surface area contributed by atoms with E-state index >= 15 is 0 Å². The lowest BCUT2D eigenvalue weighted by Crippen LogP contribution is -2.22. The van der Waals surface area contributed by atoms with Gasteiger partial charge in [0.05, 0.1) is 13.7 Å². The van der Waals surface area contributed by atoms with E-state index in [1.165, 1.54) is 12.7 Å². The monoisotopic (exact) mass is 313 g/mol. The summed E-state index contributed by atoms with van der Waals surface area (Å²) in [6.45, 7) is 4.67. The molecule has 4 N–H and O–H groups in total. The molecule has 0 saturated carbocycles.